The van der Waals surface area contributed by atoms with Crippen LogP contribution in [0.4, 0.5) is 0 Å². The van der Waals surface area contributed by atoms with E-state index in [4.69, 9.17) is 0 Å². The van der Waals surface area contributed by atoms with Crippen LogP contribution in [0.3, 0.4) is 0 Å². The van der Waals surface area contributed by atoms with Crippen molar-refractivity contribution in [2.75, 3.05) is 6.54 Å². The number of nitrogens with one attached hydrogen (secondary N) is 1. The minimum Gasteiger partial charge on any atom is -0.389 e. The summed E-state index contributed by atoms with van der Waals surface area (Å²) in [5, 5.41) is 3.32. The molecular weight excluding hydrogens is 146 g/mol. The van der Waals surface area contributed by atoms with E-state index in [0.29, 0.717) is 0 Å². The molecule has 1 N–H and O–H groups in total. The lowest BCUT2D eigenvalue weighted by atomic mass is 10.0. The molecule has 70 valence electrons. The summed E-state index contributed by atoms with van der Waals surface area (Å²) >= 11 is 0. The van der Waals surface area contributed by atoms with Crippen molar-refractivity contribution in [1.29, 1.82) is 0 Å². The molecule has 1 aliphatic carbocycles. The third kappa shape index (κ3) is 4.22. The predicted molar refractivity (Wildman–Crippen MR) is 56.1 cm³/mol. The van der Waals surface area contributed by atoms with E-state index < -0.39 is 0 Å². The van der Waals surface area contributed by atoms with Crippen LogP contribution in [0.5, 0.6) is 0 Å². The Morgan fingerprint density at radius 2 is 1.92 bits per heavy atom. The fraction of sp³-hybridized carbons (Fsp3) is 0.636. The lowest BCUT2D eigenvalue weighted by Crippen LogP contribution is -2.13. The molecule has 1 aliphatic rings. The van der Waals surface area contributed by atoms with Crippen LogP contribution in [-0.4, -0.2) is 6.54 Å². The molecule has 0 aromatic carbocycles. The Labute approximate surface area is 76.6 Å². The maximum absolute atomic E-state index is 3.32. The minimum absolute atomic E-state index is 1.04. The first kappa shape index (κ1) is 11.3. The Balaban J connectivity index is 0.000000561. The molecule has 0 aromatic heterocycles. The number of hydrogen-bond donors (Lipinski definition) is 1. The van der Waals surface area contributed by atoms with Crippen molar-refractivity contribution in [3.63, 3.8) is 0 Å². The summed E-state index contributed by atoms with van der Waals surface area (Å²) in [6.07, 6.45) is 6.79. The van der Waals surface area contributed by atoms with Gasteiger partial charge in [-0.25, -0.2) is 0 Å². The lowest BCUT2D eigenvalue weighted by molar-refractivity contribution is 0.759. The summed E-state index contributed by atoms with van der Waals surface area (Å²) in [5.74, 6) is 0. The van der Waals surface area contributed by atoms with E-state index in [1.165, 1.54) is 24.1 Å². The summed E-state index contributed by atoms with van der Waals surface area (Å²) in [6.45, 7) is 9.35. The standard InChI is InChI=1S/C9H15N.C2H6/c1-3-10-9-6-4-8(2)5-7-9;1-2/h4,6,10H,3,5,7H2,1-2H3;1-2H3. The number of rotatable bonds is 2. The van der Waals surface area contributed by atoms with Gasteiger partial charge in [-0.3, -0.25) is 0 Å². The summed E-state index contributed by atoms with van der Waals surface area (Å²) < 4.78 is 0. The van der Waals surface area contributed by atoms with Crippen LogP contribution in [0.1, 0.15) is 40.5 Å². The molecule has 12 heavy (non-hydrogen) atoms. The summed E-state index contributed by atoms with van der Waals surface area (Å²) in [5.41, 5.74) is 2.87. The smallest absolute Gasteiger partial charge is 0.0115 e. The van der Waals surface area contributed by atoms with E-state index >= 15 is 0 Å². The van der Waals surface area contributed by atoms with Crippen molar-refractivity contribution in [2.24, 2.45) is 0 Å². The maximum Gasteiger partial charge on any atom is 0.0115 e. The van der Waals surface area contributed by atoms with Crippen molar-refractivity contribution in [2.45, 2.75) is 40.5 Å². The van der Waals surface area contributed by atoms with Crippen LogP contribution in [-0.2, 0) is 0 Å². The SMILES string of the molecule is CC.CCNC1=CC=C(C)CC1. The van der Waals surface area contributed by atoms with Gasteiger partial charge in [-0.2, -0.15) is 0 Å². The van der Waals surface area contributed by atoms with Gasteiger partial charge in [-0.1, -0.05) is 25.5 Å². The van der Waals surface area contributed by atoms with E-state index in [9.17, 15) is 0 Å². The molecule has 0 saturated carbocycles. The molecule has 1 nitrogen and oxygen atoms in total. The molecule has 1 heteroatoms. The highest BCUT2D eigenvalue weighted by atomic mass is 14.9. The molecule has 0 fully saturated rings. The van der Waals surface area contributed by atoms with Crippen LogP contribution in [0.2, 0.25) is 0 Å². The predicted octanol–water partition coefficient (Wildman–Crippen LogP) is 3.25. The first-order chi connectivity index (χ1) is 5.83. The monoisotopic (exact) mass is 167 g/mol. The van der Waals surface area contributed by atoms with Crippen molar-refractivity contribution >= 4 is 0 Å². The normalized spacial score (nSPS) is 15.3. The van der Waals surface area contributed by atoms with Crippen LogP contribution >= 0.6 is 0 Å². The maximum atomic E-state index is 3.32. The van der Waals surface area contributed by atoms with Crippen LogP contribution in [0.15, 0.2) is 23.4 Å². The molecule has 0 aromatic rings. The second kappa shape index (κ2) is 6.96. The van der Waals surface area contributed by atoms with E-state index in [1.807, 2.05) is 13.8 Å². The van der Waals surface area contributed by atoms with Crippen molar-refractivity contribution in [1.82, 2.24) is 5.32 Å². The second-order valence-corrected chi connectivity index (χ2v) is 2.74. The van der Waals surface area contributed by atoms with Gasteiger partial charge in [-0.15, -0.1) is 0 Å². The Morgan fingerprint density at radius 3 is 2.33 bits per heavy atom. The first-order valence-electron chi connectivity index (χ1n) is 4.93. The Kier molecular flexibility index (Phi) is 6.54. The lowest BCUT2D eigenvalue weighted by Gasteiger charge is -2.12. The molecule has 1 rings (SSSR count). The van der Waals surface area contributed by atoms with Gasteiger partial charge in [0.1, 0.15) is 0 Å². The first-order valence-corrected chi connectivity index (χ1v) is 4.93. The zero-order valence-electron chi connectivity index (χ0n) is 8.78. The van der Waals surface area contributed by atoms with E-state index in [0.717, 1.165) is 6.54 Å². The van der Waals surface area contributed by atoms with E-state index in [2.05, 4.69) is 31.3 Å². The minimum atomic E-state index is 1.04. The number of allylic oxidation sites excluding steroid dienone is 4. The fourth-order valence-electron chi connectivity index (χ4n) is 1.12. The third-order valence-corrected chi connectivity index (χ3v) is 1.76. The zero-order valence-corrected chi connectivity index (χ0v) is 8.78. The van der Waals surface area contributed by atoms with Gasteiger partial charge in [0.2, 0.25) is 0 Å². The van der Waals surface area contributed by atoms with Gasteiger partial charge >= 0.3 is 0 Å². The van der Waals surface area contributed by atoms with Crippen molar-refractivity contribution in [3.8, 4) is 0 Å². The fourth-order valence-corrected chi connectivity index (χ4v) is 1.12. The highest BCUT2D eigenvalue weighted by Crippen LogP contribution is 2.14. The summed E-state index contributed by atoms with van der Waals surface area (Å²) in [6, 6.07) is 0. The molecule has 0 radical (unpaired) electrons. The quantitative estimate of drug-likeness (QED) is 0.665. The molecule has 0 unspecified atom stereocenters. The van der Waals surface area contributed by atoms with Crippen molar-refractivity contribution < 1.29 is 0 Å². The highest BCUT2D eigenvalue weighted by Gasteiger charge is 2.00. The largest absolute Gasteiger partial charge is 0.389 e. The zero-order chi connectivity index (χ0) is 9.40. The van der Waals surface area contributed by atoms with Gasteiger partial charge < -0.3 is 5.32 Å². The molecule has 0 spiro atoms. The van der Waals surface area contributed by atoms with Gasteiger partial charge in [0.25, 0.3) is 0 Å². The van der Waals surface area contributed by atoms with Crippen LogP contribution < -0.4 is 5.32 Å². The topological polar surface area (TPSA) is 12.0 Å². The molecule has 0 heterocycles. The van der Waals surface area contributed by atoms with Gasteiger partial charge in [0.05, 0.1) is 0 Å². The Bertz CT molecular complexity index is 162. The molecule has 0 amide bonds. The average molecular weight is 167 g/mol. The Hall–Kier alpha value is -0.720. The van der Waals surface area contributed by atoms with Crippen LogP contribution in [0, 0.1) is 0 Å². The summed E-state index contributed by atoms with van der Waals surface area (Å²) in [7, 11) is 0. The summed E-state index contributed by atoms with van der Waals surface area (Å²) in [4.78, 5) is 0. The molecule has 0 aliphatic heterocycles. The second-order valence-electron chi connectivity index (χ2n) is 2.74. The van der Waals surface area contributed by atoms with E-state index in [1.54, 1.807) is 0 Å². The molecule has 0 atom stereocenters. The van der Waals surface area contributed by atoms with E-state index in [-0.39, 0.29) is 0 Å². The molecule has 0 bridgehead atoms. The highest BCUT2D eigenvalue weighted by molar-refractivity contribution is 5.21. The average Bonchev–Trinajstić information content (AvgIpc) is 2.13. The van der Waals surface area contributed by atoms with Gasteiger partial charge in [0.15, 0.2) is 0 Å². The molecular formula is C11H21N. The van der Waals surface area contributed by atoms with Gasteiger partial charge in [-0.05, 0) is 32.8 Å². The van der Waals surface area contributed by atoms with Gasteiger partial charge in [0, 0.05) is 12.2 Å². The Morgan fingerprint density at radius 1 is 1.25 bits per heavy atom. The van der Waals surface area contributed by atoms with Crippen LogP contribution in [0.25, 0.3) is 0 Å². The van der Waals surface area contributed by atoms with Crippen molar-refractivity contribution in [3.05, 3.63) is 23.4 Å². The molecule has 0 saturated heterocycles. The number of hydrogen-bond acceptors (Lipinski definition) is 1. The third-order valence-electron chi connectivity index (χ3n) is 1.76.